The molecule has 0 atom stereocenters. The highest BCUT2D eigenvalue weighted by molar-refractivity contribution is 7.85. The van der Waals surface area contributed by atoms with E-state index in [1.165, 1.54) is 102 Å². The van der Waals surface area contributed by atoms with E-state index in [0.29, 0.717) is 0 Å². The molecule has 1 aromatic rings. The Morgan fingerprint density at radius 3 is 1.41 bits per heavy atom. The average molecular weight is 501 g/mol. The van der Waals surface area contributed by atoms with Crippen molar-refractivity contribution in [2.45, 2.75) is 128 Å². The molecule has 0 aliphatic carbocycles. The van der Waals surface area contributed by atoms with Crippen LogP contribution >= 0.6 is 0 Å². The first-order chi connectivity index (χ1) is 15.7. The highest BCUT2D eigenvalue weighted by atomic mass is 32.2. The lowest BCUT2D eigenvalue weighted by atomic mass is 10.0. The molecular weight excluding hydrogens is 444 g/mol. The lowest BCUT2D eigenvalue weighted by Crippen LogP contribution is -2.00. The van der Waals surface area contributed by atoms with Gasteiger partial charge in [-0.2, -0.15) is 8.42 Å². The summed E-state index contributed by atoms with van der Waals surface area (Å²) in [6.07, 6.45) is 22.5. The maximum atomic E-state index is 11.3. The van der Waals surface area contributed by atoms with Gasteiger partial charge in [0.25, 0.3) is 10.1 Å². The lowest BCUT2D eigenvalue weighted by molar-refractivity contribution is 0.483. The lowest BCUT2D eigenvalue weighted by Gasteiger charge is -2.08. The molecule has 0 aliphatic heterocycles. The molecule has 202 valence electrons. The number of hydrogen-bond acceptors (Lipinski definition) is 4. The first-order valence-electron chi connectivity index (χ1n) is 13.4. The first-order valence-corrected chi connectivity index (χ1v) is 14.8. The summed E-state index contributed by atoms with van der Waals surface area (Å²) in [4.78, 5) is 2.01. The van der Waals surface area contributed by atoms with E-state index in [-0.39, 0.29) is 11.0 Å². The van der Waals surface area contributed by atoms with Gasteiger partial charge in [0.05, 0.1) is 4.90 Å². The molecule has 1 rings (SSSR count). The van der Waals surface area contributed by atoms with E-state index in [4.69, 9.17) is 0 Å². The summed E-state index contributed by atoms with van der Waals surface area (Å²) in [5, 5.41) is 0. The quantitative estimate of drug-likeness (QED) is 0.156. The van der Waals surface area contributed by atoms with Gasteiger partial charge in [-0.05, 0) is 64.2 Å². The Morgan fingerprint density at radius 2 is 1.06 bits per heavy atom. The number of rotatable bonds is 18. The summed E-state index contributed by atoms with van der Waals surface area (Å²) in [6, 6.07) is 4.88. The van der Waals surface area contributed by atoms with E-state index >= 15 is 0 Å². The van der Waals surface area contributed by atoms with Crippen molar-refractivity contribution in [3.8, 4) is 0 Å². The van der Waals surface area contributed by atoms with Crippen LogP contribution in [0, 0.1) is 6.92 Å². The van der Waals surface area contributed by atoms with Crippen LogP contribution in [0.3, 0.4) is 0 Å². The van der Waals surface area contributed by atoms with Gasteiger partial charge in [0.2, 0.25) is 0 Å². The number of unbranched alkanes of at least 4 members (excludes halogenated alkanes) is 15. The molecule has 0 radical (unpaired) electrons. The van der Waals surface area contributed by atoms with E-state index in [0.717, 1.165) is 24.0 Å². The molecule has 0 amide bonds. The summed E-state index contributed by atoms with van der Waals surface area (Å²) >= 11 is 0. The third-order valence-corrected chi connectivity index (χ3v) is 6.77. The van der Waals surface area contributed by atoms with Crippen molar-refractivity contribution in [1.82, 2.24) is 11.1 Å². The average Bonchev–Trinajstić information content (AvgIpc) is 2.73. The molecule has 34 heavy (non-hydrogen) atoms. The third kappa shape index (κ3) is 21.6. The molecule has 0 saturated heterocycles. The van der Waals surface area contributed by atoms with Gasteiger partial charge >= 0.3 is 0 Å². The van der Waals surface area contributed by atoms with Crippen LogP contribution in [0.1, 0.15) is 121 Å². The molecule has 0 bridgehead atoms. The monoisotopic (exact) mass is 500 g/mol. The SMILES string of the molecule is CCCCCCCCCCCCCCCCCCc1cc(S(=O)(=O)O)ccc1C.CN(C)C.N. The maximum Gasteiger partial charge on any atom is 0.294 e. The third-order valence-electron chi connectivity index (χ3n) is 5.92. The van der Waals surface area contributed by atoms with Crippen molar-refractivity contribution in [1.29, 1.82) is 0 Å². The Bertz CT molecular complexity index is 688. The summed E-state index contributed by atoms with van der Waals surface area (Å²) < 4.78 is 31.7. The molecule has 0 fully saturated rings. The highest BCUT2D eigenvalue weighted by Crippen LogP contribution is 2.19. The molecule has 1 aromatic carbocycles. The zero-order valence-corrected chi connectivity index (χ0v) is 23.9. The van der Waals surface area contributed by atoms with E-state index in [1.807, 2.05) is 33.0 Å². The molecule has 0 aromatic heterocycles. The van der Waals surface area contributed by atoms with Gasteiger partial charge < -0.3 is 11.1 Å². The minimum Gasteiger partial charge on any atom is -0.344 e. The van der Waals surface area contributed by atoms with Gasteiger partial charge in [-0.1, -0.05) is 109 Å². The second kappa shape index (κ2) is 22.5. The van der Waals surface area contributed by atoms with Crippen LogP contribution in [0.2, 0.25) is 0 Å². The number of aryl methyl sites for hydroxylation is 2. The minimum absolute atomic E-state index is 0. The Morgan fingerprint density at radius 1 is 0.706 bits per heavy atom. The van der Waals surface area contributed by atoms with Gasteiger partial charge in [0.1, 0.15) is 0 Å². The predicted octanol–water partition coefficient (Wildman–Crippen LogP) is 8.39. The summed E-state index contributed by atoms with van der Waals surface area (Å²) in [6.45, 7) is 4.27. The van der Waals surface area contributed by atoms with Gasteiger partial charge in [-0.15, -0.1) is 0 Å². The number of benzene rings is 1. The van der Waals surface area contributed by atoms with Crippen LogP contribution in [0.5, 0.6) is 0 Å². The van der Waals surface area contributed by atoms with E-state index < -0.39 is 10.1 Å². The fourth-order valence-electron chi connectivity index (χ4n) is 3.94. The van der Waals surface area contributed by atoms with Crippen LogP contribution in [-0.2, 0) is 16.5 Å². The highest BCUT2D eigenvalue weighted by Gasteiger charge is 2.11. The zero-order valence-electron chi connectivity index (χ0n) is 23.1. The molecule has 0 aliphatic rings. The molecule has 6 heteroatoms. The standard InChI is InChI=1S/C25H44O3S.C3H9N.H3N/c1-3-4-5-6-7-8-9-10-11-12-13-14-15-16-17-18-19-24-22-25(29(26,27)28)21-20-23(24)2;1-4(2)3;/h20-22H,3-19H2,1-2H3,(H,26,27,28);1-3H3;1H3. The molecule has 5 nitrogen and oxygen atoms in total. The largest absolute Gasteiger partial charge is 0.344 e. The fourth-order valence-corrected chi connectivity index (χ4v) is 4.47. The van der Waals surface area contributed by atoms with E-state index in [2.05, 4.69) is 6.92 Å². The topological polar surface area (TPSA) is 92.6 Å². The Labute approximate surface area is 212 Å². The van der Waals surface area contributed by atoms with Crippen LogP contribution in [-0.4, -0.2) is 39.0 Å². The van der Waals surface area contributed by atoms with Crippen molar-refractivity contribution in [2.75, 3.05) is 21.1 Å². The second-order valence-corrected chi connectivity index (χ2v) is 11.4. The Hall–Kier alpha value is -0.950. The van der Waals surface area contributed by atoms with Gasteiger partial charge in [-0.25, -0.2) is 0 Å². The molecule has 0 saturated carbocycles. The van der Waals surface area contributed by atoms with Crippen LogP contribution in [0.4, 0.5) is 0 Å². The van der Waals surface area contributed by atoms with Crippen LogP contribution in [0.15, 0.2) is 23.1 Å². The van der Waals surface area contributed by atoms with Crippen LogP contribution < -0.4 is 6.15 Å². The second-order valence-electron chi connectivity index (χ2n) is 9.96. The van der Waals surface area contributed by atoms with Crippen molar-refractivity contribution >= 4 is 10.1 Å². The van der Waals surface area contributed by atoms with Crippen molar-refractivity contribution in [3.05, 3.63) is 29.3 Å². The van der Waals surface area contributed by atoms with Crippen LogP contribution in [0.25, 0.3) is 0 Å². The minimum atomic E-state index is -4.10. The van der Waals surface area contributed by atoms with Crippen molar-refractivity contribution < 1.29 is 13.0 Å². The van der Waals surface area contributed by atoms with Crippen molar-refractivity contribution in [3.63, 3.8) is 0 Å². The summed E-state index contributed by atoms with van der Waals surface area (Å²) in [5.41, 5.74) is 2.13. The molecule has 0 heterocycles. The first kappa shape index (κ1) is 35.2. The van der Waals surface area contributed by atoms with Gasteiger partial charge in [0.15, 0.2) is 0 Å². The Balaban J connectivity index is 0. The van der Waals surface area contributed by atoms with Gasteiger partial charge in [0, 0.05) is 0 Å². The molecular formula is C28H56N2O3S. The molecule has 0 unspecified atom stereocenters. The predicted molar refractivity (Wildman–Crippen MR) is 149 cm³/mol. The Kier molecular flexibility index (Phi) is 23.3. The van der Waals surface area contributed by atoms with Crippen molar-refractivity contribution in [2.24, 2.45) is 0 Å². The van der Waals surface area contributed by atoms with E-state index in [9.17, 15) is 13.0 Å². The molecule has 0 spiro atoms. The molecule has 4 N–H and O–H groups in total. The van der Waals surface area contributed by atoms with E-state index in [1.54, 1.807) is 12.1 Å². The smallest absolute Gasteiger partial charge is 0.294 e. The fraction of sp³-hybridized carbons (Fsp3) is 0.786. The zero-order chi connectivity index (χ0) is 25.0. The van der Waals surface area contributed by atoms with Gasteiger partial charge in [-0.3, -0.25) is 4.55 Å². The summed E-state index contributed by atoms with van der Waals surface area (Å²) in [7, 11) is 1.90. The maximum absolute atomic E-state index is 11.3. The number of hydrogen-bond donors (Lipinski definition) is 2. The number of nitrogens with zero attached hydrogens (tertiary/aromatic N) is 1. The normalized spacial score (nSPS) is 11.1. The summed E-state index contributed by atoms with van der Waals surface area (Å²) in [5.74, 6) is 0.